The Morgan fingerprint density at radius 1 is 1.03 bits per heavy atom. The molecule has 1 heterocycles. The minimum atomic E-state index is -4.41. The van der Waals surface area contributed by atoms with E-state index in [2.05, 4.69) is 25.3 Å². The van der Waals surface area contributed by atoms with Crippen molar-refractivity contribution in [1.29, 1.82) is 0 Å². The van der Waals surface area contributed by atoms with Crippen LogP contribution in [0.1, 0.15) is 18.1 Å². The van der Waals surface area contributed by atoms with Crippen LogP contribution in [0.2, 0.25) is 0 Å². The number of nitrogens with zero attached hydrogens (tertiary/aromatic N) is 2. The first-order valence-corrected chi connectivity index (χ1v) is 9.72. The Bertz CT molecular complexity index is 860. The maximum Gasteiger partial charge on any atom is 0.422 e. The number of halogens is 3. The van der Waals surface area contributed by atoms with Gasteiger partial charge in [-0.15, -0.1) is 0 Å². The van der Waals surface area contributed by atoms with Crippen molar-refractivity contribution in [2.75, 3.05) is 33.9 Å². The van der Waals surface area contributed by atoms with Gasteiger partial charge < -0.3 is 24.8 Å². The van der Waals surface area contributed by atoms with Crippen LogP contribution >= 0.6 is 0 Å². The van der Waals surface area contributed by atoms with Gasteiger partial charge in [0.15, 0.2) is 24.1 Å². The fraction of sp³-hybridized carbons (Fsp3) is 0.429. The molecule has 170 valence electrons. The monoisotopic (exact) mass is 440 g/mol. The number of nitrogens with one attached hydrogen (secondary N) is 2. The smallest absolute Gasteiger partial charge is 0.422 e. The summed E-state index contributed by atoms with van der Waals surface area (Å²) in [7, 11) is 3.18. The number of ether oxygens (including phenoxy) is 3. The lowest BCUT2D eigenvalue weighted by Crippen LogP contribution is -2.38. The van der Waals surface area contributed by atoms with Crippen LogP contribution in [0.5, 0.6) is 17.4 Å². The Hall–Kier alpha value is -3.17. The van der Waals surface area contributed by atoms with E-state index in [0.717, 1.165) is 12.0 Å². The zero-order valence-electron chi connectivity index (χ0n) is 17.8. The summed E-state index contributed by atoms with van der Waals surface area (Å²) >= 11 is 0. The number of benzene rings is 1. The molecular weight excluding hydrogens is 413 g/mol. The summed E-state index contributed by atoms with van der Waals surface area (Å²) in [5.41, 5.74) is 1.76. The van der Waals surface area contributed by atoms with Crippen LogP contribution in [-0.2, 0) is 13.0 Å². The molecule has 0 fully saturated rings. The third-order valence-corrected chi connectivity index (χ3v) is 4.10. The minimum Gasteiger partial charge on any atom is -0.493 e. The molecule has 0 saturated carbocycles. The van der Waals surface area contributed by atoms with E-state index in [4.69, 9.17) is 9.47 Å². The molecule has 0 aliphatic rings. The molecule has 0 amide bonds. The first kappa shape index (κ1) is 24.1. The molecule has 2 aromatic rings. The van der Waals surface area contributed by atoms with E-state index in [1.54, 1.807) is 20.3 Å². The van der Waals surface area contributed by atoms with Crippen molar-refractivity contribution < 1.29 is 27.4 Å². The molecule has 0 spiro atoms. The van der Waals surface area contributed by atoms with Gasteiger partial charge in [-0.25, -0.2) is 9.98 Å². The van der Waals surface area contributed by atoms with Gasteiger partial charge in [-0.1, -0.05) is 6.07 Å². The van der Waals surface area contributed by atoms with Gasteiger partial charge in [-0.3, -0.25) is 0 Å². The van der Waals surface area contributed by atoms with Crippen molar-refractivity contribution in [3.63, 3.8) is 0 Å². The number of aromatic nitrogens is 1. The average molecular weight is 440 g/mol. The zero-order valence-corrected chi connectivity index (χ0v) is 17.8. The molecule has 10 heteroatoms. The van der Waals surface area contributed by atoms with Crippen LogP contribution in [0.25, 0.3) is 0 Å². The highest BCUT2D eigenvalue weighted by atomic mass is 19.4. The molecule has 2 rings (SSSR count). The van der Waals surface area contributed by atoms with Crippen LogP contribution in [0.15, 0.2) is 41.5 Å². The number of guanidine groups is 1. The molecule has 31 heavy (non-hydrogen) atoms. The number of hydrogen-bond acceptors (Lipinski definition) is 5. The fourth-order valence-electron chi connectivity index (χ4n) is 2.66. The van der Waals surface area contributed by atoms with Gasteiger partial charge in [0.25, 0.3) is 0 Å². The first-order chi connectivity index (χ1) is 14.8. The topological polar surface area (TPSA) is 77.0 Å². The second-order valence-electron chi connectivity index (χ2n) is 6.47. The van der Waals surface area contributed by atoms with Crippen LogP contribution in [0.3, 0.4) is 0 Å². The number of hydrogen-bond donors (Lipinski definition) is 2. The summed E-state index contributed by atoms with van der Waals surface area (Å²) in [5.74, 6) is 1.85. The second kappa shape index (κ2) is 11.9. The molecule has 1 aromatic heterocycles. The molecule has 0 bridgehead atoms. The van der Waals surface area contributed by atoms with Crippen LogP contribution in [0, 0.1) is 0 Å². The van der Waals surface area contributed by atoms with Gasteiger partial charge in [0, 0.05) is 25.4 Å². The van der Waals surface area contributed by atoms with Crippen molar-refractivity contribution in [2.45, 2.75) is 26.1 Å². The second-order valence-corrected chi connectivity index (χ2v) is 6.47. The Balaban J connectivity index is 1.93. The van der Waals surface area contributed by atoms with E-state index in [9.17, 15) is 13.2 Å². The highest BCUT2D eigenvalue weighted by Gasteiger charge is 2.28. The van der Waals surface area contributed by atoms with Crippen molar-refractivity contribution in [1.82, 2.24) is 15.6 Å². The van der Waals surface area contributed by atoms with Crippen molar-refractivity contribution in [3.8, 4) is 17.4 Å². The standard InChI is InChI=1S/C21H27F3N4O3/c1-4-25-20(27-10-7-15-5-6-17(29-2)18(11-15)30-3)28-13-16-8-9-26-19(12-16)31-14-21(22,23)24/h5-6,8-9,11-12H,4,7,10,13-14H2,1-3H3,(H2,25,27,28). The van der Waals surface area contributed by atoms with Crippen LogP contribution < -0.4 is 24.8 Å². The first-order valence-electron chi connectivity index (χ1n) is 9.72. The molecule has 0 radical (unpaired) electrons. The normalized spacial score (nSPS) is 11.7. The molecular formula is C21H27F3N4O3. The number of methoxy groups -OCH3 is 2. The van der Waals surface area contributed by atoms with E-state index >= 15 is 0 Å². The molecule has 2 N–H and O–H groups in total. The van der Waals surface area contributed by atoms with Gasteiger partial charge >= 0.3 is 6.18 Å². The summed E-state index contributed by atoms with van der Waals surface area (Å²) in [4.78, 5) is 8.26. The predicted molar refractivity (Wildman–Crippen MR) is 112 cm³/mol. The quantitative estimate of drug-likeness (QED) is 0.436. The number of pyridine rings is 1. The van der Waals surface area contributed by atoms with Crippen molar-refractivity contribution in [3.05, 3.63) is 47.7 Å². The van der Waals surface area contributed by atoms with E-state index < -0.39 is 12.8 Å². The molecule has 1 aromatic carbocycles. The Morgan fingerprint density at radius 2 is 1.81 bits per heavy atom. The van der Waals surface area contributed by atoms with E-state index in [-0.39, 0.29) is 12.4 Å². The highest BCUT2D eigenvalue weighted by molar-refractivity contribution is 5.79. The maximum absolute atomic E-state index is 12.3. The van der Waals surface area contributed by atoms with Crippen molar-refractivity contribution >= 4 is 5.96 Å². The molecule has 0 aliphatic heterocycles. The minimum absolute atomic E-state index is 0.0866. The number of alkyl halides is 3. The van der Waals surface area contributed by atoms with Crippen LogP contribution in [0.4, 0.5) is 13.2 Å². The summed E-state index contributed by atoms with van der Waals surface area (Å²) in [6.45, 7) is 2.11. The maximum atomic E-state index is 12.3. The Labute approximate surface area is 179 Å². The largest absolute Gasteiger partial charge is 0.493 e. The molecule has 7 nitrogen and oxygen atoms in total. The molecule has 0 unspecified atom stereocenters. The third-order valence-electron chi connectivity index (χ3n) is 4.10. The van der Waals surface area contributed by atoms with Gasteiger partial charge in [0.2, 0.25) is 5.88 Å². The summed E-state index contributed by atoms with van der Waals surface area (Å²) in [5, 5.41) is 6.37. The molecule has 0 saturated heterocycles. The number of rotatable bonds is 10. The van der Waals surface area contributed by atoms with Crippen LogP contribution in [-0.4, -0.2) is 51.0 Å². The Morgan fingerprint density at radius 3 is 2.48 bits per heavy atom. The third kappa shape index (κ3) is 8.61. The van der Waals surface area contributed by atoms with Crippen molar-refractivity contribution in [2.24, 2.45) is 4.99 Å². The van der Waals surface area contributed by atoms with Gasteiger partial charge in [-0.05, 0) is 42.7 Å². The molecule has 0 aliphatic carbocycles. The average Bonchev–Trinajstić information content (AvgIpc) is 2.75. The molecule has 0 atom stereocenters. The Kier molecular flexibility index (Phi) is 9.23. The van der Waals surface area contributed by atoms with Gasteiger partial charge in [0.1, 0.15) is 0 Å². The lowest BCUT2D eigenvalue weighted by atomic mass is 10.1. The SMILES string of the molecule is CCNC(=NCc1ccnc(OCC(F)(F)F)c1)NCCc1ccc(OC)c(OC)c1. The zero-order chi connectivity index (χ0) is 22.7. The van der Waals surface area contributed by atoms with E-state index in [1.165, 1.54) is 12.3 Å². The van der Waals surface area contributed by atoms with E-state index in [1.807, 2.05) is 25.1 Å². The van der Waals surface area contributed by atoms with E-state index in [0.29, 0.717) is 36.1 Å². The predicted octanol–water partition coefficient (Wildman–Crippen LogP) is 3.34. The van der Waals surface area contributed by atoms with Gasteiger partial charge in [-0.2, -0.15) is 13.2 Å². The lowest BCUT2D eigenvalue weighted by molar-refractivity contribution is -0.154. The number of aliphatic imine (C=N–C) groups is 1. The summed E-state index contributed by atoms with van der Waals surface area (Å²) in [6, 6.07) is 8.87. The van der Waals surface area contributed by atoms with Gasteiger partial charge in [0.05, 0.1) is 20.8 Å². The lowest BCUT2D eigenvalue weighted by Gasteiger charge is -2.13. The highest BCUT2D eigenvalue weighted by Crippen LogP contribution is 2.27. The summed E-state index contributed by atoms with van der Waals surface area (Å²) in [6.07, 6.45) is -2.28. The summed E-state index contributed by atoms with van der Waals surface area (Å²) < 4.78 is 52.1. The fourth-order valence-corrected chi connectivity index (χ4v) is 2.66.